The standard InChI is InChI=1S/C31H34F2N8O3S.C27H27F2N7O2S.C24H25ClF2N6O3S.C6H9N3/c1-17-12-24(39-40(17)4)20-9-10-23(26(13-20)45(5,42)43)37-25-15-21(14-22-16-34-18(2)19(3)35-22)36-30-28(25)38-31(29(32)33)41(30)27-8-6-7-11-44-27;1-14-8-21(35-36(14)4)17-6-7-20(25(9-17)39(5,37)38)33-22-11-18(10-19-13-30-15(2)16(3)31-19)32-23-12-24(27(28)29)34-26(22)23;1-13-10-16(31-32(13)2)14-7-8-15(18(11-14)37(3,34)35)28-17-12-19(25)29-23-21(17)30-24(22(26)27)33(23)20-6-4-5-9-36-20;1-4-5(2)9-6(7)3-8-4/h9-10,12-13,15-16,27,29H,6-8,11,14H2,1-5H3,(H,36,37);6-9,11,13,27H,10,12H2,1-5H3,(H,32,33);7-8,10-12,20,22H,4-6,9H2,1-3H3,(H,28,29);3H,1-2H3,(H2,7,9). The highest BCUT2D eigenvalue weighted by Gasteiger charge is 2.34. The predicted octanol–water partition coefficient (Wildman–Crippen LogP) is 17.0. The first kappa shape index (κ1) is 93.6. The average Bonchev–Trinajstić information content (AvgIpc) is 1.61. The van der Waals surface area contributed by atoms with Crippen LogP contribution in [0.4, 0.5) is 72.0 Å². The number of aromatic nitrogens is 19. The van der Waals surface area contributed by atoms with E-state index >= 15 is 0 Å². The van der Waals surface area contributed by atoms with Crippen LogP contribution in [0.2, 0.25) is 5.15 Å². The monoisotopic (exact) mass is 1860 g/mol. The summed E-state index contributed by atoms with van der Waals surface area (Å²) in [5.74, 6) is -0.457. The van der Waals surface area contributed by atoms with Gasteiger partial charge in [0.2, 0.25) is 0 Å². The molecule has 3 aliphatic rings. The third kappa shape index (κ3) is 21.1. The van der Waals surface area contributed by atoms with Gasteiger partial charge < -0.3 is 31.2 Å². The number of nitrogens with zero attached hydrogens (tertiary/aromatic N) is 20. The molecule has 2 unspecified atom stereocenters. The van der Waals surface area contributed by atoms with E-state index in [0.717, 1.165) is 95.7 Å². The molecule has 130 heavy (non-hydrogen) atoms. The molecule has 682 valence electrons. The fourth-order valence-corrected chi connectivity index (χ4v) is 17.6. The maximum atomic E-state index is 14.5. The molecule has 0 bridgehead atoms. The first-order valence-electron chi connectivity index (χ1n) is 41.2. The van der Waals surface area contributed by atoms with Crippen molar-refractivity contribution >= 4 is 115 Å². The van der Waals surface area contributed by atoms with Gasteiger partial charge in [0, 0.05) is 130 Å². The van der Waals surface area contributed by atoms with Crippen molar-refractivity contribution < 1.29 is 61.1 Å². The molecule has 2 atom stereocenters. The Kier molecular flexibility index (Phi) is 27.5. The molecule has 0 radical (unpaired) electrons. The van der Waals surface area contributed by atoms with Crippen LogP contribution in [0, 0.1) is 62.3 Å². The second-order valence-electron chi connectivity index (χ2n) is 32.1. The van der Waals surface area contributed by atoms with Gasteiger partial charge >= 0.3 is 0 Å². The number of nitrogen functional groups attached to an aromatic ring is 1. The van der Waals surface area contributed by atoms with Gasteiger partial charge in [-0.3, -0.25) is 53.1 Å². The highest BCUT2D eigenvalue weighted by atomic mass is 35.5. The van der Waals surface area contributed by atoms with Gasteiger partial charge in [0.15, 0.2) is 52.5 Å². The second-order valence-corrected chi connectivity index (χ2v) is 38.4. The number of benzene rings is 3. The normalized spacial score (nSPS) is 14.7. The smallest absolute Gasteiger partial charge is 0.295 e. The van der Waals surface area contributed by atoms with E-state index < -0.39 is 72.9 Å². The molecule has 17 rings (SSSR count). The first-order chi connectivity index (χ1) is 61.5. The zero-order valence-electron chi connectivity index (χ0n) is 73.7. The Morgan fingerprint density at radius 3 is 1.18 bits per heavy atom. The van der Waals surface area contributed by atoms with Crippen molar-refractivity contribution in [3.8, 4) is 33.8 Å². The summed E-state index contributed by atoms with van der Waals surface area (Å²) in [5.41, 5.74) is 22.1. The van der Waals surface area contributed by atoms with Gasteiger partial charge in [-0.15, -0.1) is 0 Å². The van der Waals surface area contributed by atoms with Crippen LogP contribution < -0.4 is 21.7 Å². The Labute approximate surface area is 750 Å². The molecule has 32 nitrogen and oxygen atoms in total. The molecule has 42 heteroatoms. The van der Waals surface area contributed by atoms with E-state index in [2.05, 4.69) is 86.1 Å². The lowest BCUT2D eigenvalue weighted by Crippen LogP contribution is -2.20. The second kappa shape index (κ2) is 38.2. The third-order valence-electron chi connectivity index (χ3n) is 22.2. The fourth-order valence-electron chi connectivity index (χ4n) is 14.9. The number of hydrogen-bond acceptors (Lipinski definition) is 27. The minimum Gasteiger partial charge on any atom is -0.382 e. The molecule has 11 aromatic heterocycles. The topological polar surface area (TPSA) is 400 Å². The van der Waals surface area contributed by atoms with Gasteiger partial charge in [-0.2, -0.15) is 15.3 Å². The number of nitrogens with two attached hydrogens (primary N) is 1. The van der Waals surface area contributed by atoms with Gasteiger partial charge in [-0.1, -0.05) is 29.8 Å². The average molecular weight is 1860 g/mol. The quantitative estimate of drug-likeness (QED) is 0.0383. The number of aryl methyl sites for hydroxylation is 12. The van der Waals surface area contributed by atoms with Gasteiger partial charge in [-0.25, -0.2) is 81.5 Å². The molecular formula is C88H95ClF6N24O8S3. The number of hydrogen-bond donors (Lipinski definition) is 4. The summed E-state index contributed by atoms with van der Waals surface area (Å²) < 4.78 is 181. The van der Waals surface area contributed by atoms with Crippen molar-refractivity contribution in [3.05, 3.63) is 206 Å². The Morgan fingerprint density at radius 2 is 0.823 bits per heavy atom. The number of fused-ring (bicyclic) bond motifs is 3. The van der Waals surface area contributed by atoms with Crippen LogP contribution >= 0.6 is 11.6 Å². The first-order valence-corrected chi connectivity index (χ1v) is 47.2. The summed E-state index contributed by atoms with van der Waals surface area (Å²) in [6, 6.07) is 25.2. The Morgan fingerprint density at radius 1 is 0.438 bits per heavy atom. The van der Waals surface area contributed by atoms with E-state index in [1.165, 1.54) is 21.3 Å². The van der Waals surface area contributed by atoms with Crippen LogP contribution in [0.15, 0.2) is 129 Å². The molecule has 14 aromatic rings. The van der Waals surface area contributed by atoms with Gasteiger partial charge in [0.05, 0.1) is 135 Å². The van der Waals surface area contributed by atoms with Gasteiger partial charge in [0.1, 0.15) is 40.1 Å². The number of alkyl halides is 6. The van der Waals surface area contributed by atoms with E-state index in [4.69, 9.17) is 31.8 Å². The fraction of sp³-hybridized carbons (Fsp3) is 0.352. The van der Waals surface area contributed by atoms with E-state index in [0.29, 0.717) is 118 Å². The molecule has 0 saturated carbocycles. The zero-order chi connectivity index (χ0) is 93.4. The van der Waals surface area contributed by atoms with Crippen LogP contribution in [0.25, 0.3) is 56.1 Å². The summed E-state index contributed by atoms with van der Waals surface area (Å²) in [6.45, 7) is 17.8. The summed E-state index contributed by atoms with van der Waals surface area (Å²) in [7, 11) is -5.69. The number of ether oxygens (including phenoxy) is 2. The van der Waals surface area contributed by atoms with Crippen LogP contribution in [-0.2, 0) is 79.4 Å². The molecule has 2 saturated heterocycles. The van der Waals surface area contributed by atoms with Crippen LogP contribution in [0.5, 0.6) is 0 Å². The van der Waals surface area contributed by atoms with E-state index in [1.54, 1.807) is 100 Å². The SMILES string of the molecule is Cc1cc(-c2ccc(Nc3cc(Cl)nc4c3nc(C(F)F)n4C3CCCCO3)c(S(C)(=O)=O)c2)nn1C.Cc1ncc(Cc2cc(Nc3ccc(-c4cc(C)n(C)n4)cc3S(C)(=O)=O)c3c(n2)CC(C(F)F)=N3)nc1C.Cc1ncc(Cc2cc(Nc3ccc(-c4cc(C)n(C)n4)cc3S(C)(=O)=O)c3nc(C(F)F)n(C4CCCCO4)c3n2)nc1C.Cc1ncc(N)nc1C. The number of pyridine rings is 3. The maximum absolute atomic E-state index is 14.5. The number of halogens is 7. The molecule has 2 fully saturated rings. The highest BCUT2D eigenvalue weighted by Crippen LogP contribution is 2.44. The van der Waals surface area contributed by atoms with Crippen LogP contribution in [-0.4, -0.2) is 163 Å². The molecule has 5 N–H and O–H groups in total. The molecule has 14 heterocycles. The predicted molar refractivity (Wildman–Crippen MR) is 483 cm³/mol. The van der Waals surface area contributed by atoms with E-state index in [-0.39, 0.29) is 83.5 Å². The minimum absolute atomic E-state index is 0.0125. The molecule has 3 aliphatic heterocycles. The van der Waals surface area contributed by atoms with Crippen molar-refractivity contribution in [2.75, 3.05) is 53.7 Å². The zero-order valence-corrected chi connectivity index (χ0v) is 76.9. The summed E-state index contributed by atoms with van der Waals surface area (Å²) >= 11 is 6.29. The highest BCUT2D eigenvalue weighted by molar-refractivity contribution is 7.91. The lowest BCUT2D eigenvalue weighted by Gasteiger charge is -2.25. The summed E-state index contributed by atoms with van der Waals surface area (Å²) in [4.78, 5) is 52.3. The Hall–Kier alpha value is -12.6. The lowest BCUT2D eigenvalue weighted by atomic mass is 10.1. The number of sulfone groups is 3. The number of aliphatic imine (C=N–C) groups is 1. The number of nitrogens with one attached hydrogen (secondary N) is 3. The molecule has 0 aliphatic carbocycles. The van der Waals surface area contributed by atoms with Crippen LogP contribution in [0.3, 0.4) is 0 Å². The number of imidazole rings is 2. The largest absolute Gasteiger partial charge is 0.382 e. The molecule has 0 spiro atoms. The van der Waals surface area contributed by atoms with Crippen molar-refractivity contribution in [2.45, 2.75) is 167 Å². The molecule has 3 aromatic carbocycles. The number of anilines is 7. The number of rotatable bonds is 21. The van der Waals surface area contributed by atoms with E-state index in [9.17, 15) is 51.6 Å². The summed E-state index contributed by atoms with van der Waals surface area (Å²) in [6.07, 6.45) is 3.30. The van der Waals surface area contributed by atoms with Crippen molar-refractivity contribution in [1.29, 1.82) is 0 Å². The third-order valence-corrected chi connectivity index (χ3v) is 25.8. The van der Waals surface area contributed by atoms with Crippen molar-refractivity contribution in [2.24, 2.45) is 26.1 Å². The molecular weight excluding hydrogens is 1770 g/mol. The van der Waals surface area contributed by atoms with Crippen molar-refractivity contribution in [1.82, 2.24) is 93.3 Å². The van der Waals surface area contributed by atoms with Crippen molar-refractivity contribution in [3.63, 3.8) is 0 Å². The Bertz CT molecular complexity index is 7040. The van der Waals surface area contributed by atoms with Gasteiger partial charge in [0.25, 0.3) is 19.3 Å². The van der Waals surface area contributed by atoms with Gasteiger partial charge in [-0.05, 0) is 168 Å². The van der Waals surface area contributed by atoms with Crippen LogP contribution in [0.1, 0.15) is 155 Å². The Balaban J connectivity index is 0.000000150. The summed E-state index contributed by atoms with van der Waals surface area (Å²) in [5, 5.41) is 22.8. The minimum atomic E-state index is -3.74. The van der Waals surface area contributed by atoms with E-state index in [1.807, 2.05) is 94.6 Å². The maximum Gasteiger partial charge on any atom is 0.295 e. The molecule has 0 amide bonds. The lowest BCUT2D eigenvalue weighted by molar-refractivity contribution is -0.0363.